The molecule has 4 rings (SSSR count). The van der Waals surface area contributed by atoms with E-state index in [1.807, 2.05) is 20.8 Å². The lowest BCUT2D eigenvalue weighted by Gasteiger charge is -2.19. The monoisotopic (exact) mass is 489 g/mol. The Morgan fingerprint density at radius 1 is 1.00 bits per heavy atom. The molecule has 0 saturated heterocycles. The molecule has 0 fully saturated rings. The van der Waals surface area contributed by atoms with Gasteiger partial charge in [-0.25, -0.2) is 18.3 Å². The van der Waals surface area contributed by atoms with Crippen LogP contribution in [-0.2, 0) is 15.4 Å². The van der Waals surface area contributed by atoms with E-state index < -0.39 is 21.8 Å². The fourth-order valence-electron chi connectivity index (χ4n) is 3.37. The molecule has 2 heterocycles. The predicted molar refractivity (Wildman–Crippen MR) is 125 cm³/mol. The van der Waals surface area contributed by atoms with Gasteiger partial charge in [-0.15, -0.1) is 11.3 Å². The van der Waals surface area contributed by atoms with Crippen molar-refractivity contribution in [1.82, 2.24) is 4.98 Å². The van der Waals surface area contributed by atoms with Crippen molar-refractivity contribution in [2.24, 2.45) is 0 Å². The van der Waals surface area contributed by atoms with Gasteiger partial charge in [0.05, 0.1) is 26.7 Å². The Morgan fingerprint density at radius 3 is 2.19 bits per heavy atom. The Labute approximate surface area is 195 Å². The van der Waals surface area contributed by atoms with Crippen LogP contribution in [-0.4, -0.2) is 25.2 Å². The second-order valence-corrected chi connectivity index (χ2v) is 11.7. The number of sulfonamides is 1. The largest absolute Gasteiger partial charge is 0.279 e. The highest BCUT2D eigenvalue weighted by atomic mass is 35.5. The first-order chi connectivity index (χ1) is 14.9. The fourth-order valence-corrected chi connectivity index (χ4v) is 5.43. The van der Waals surface area contributed by atoms with Crippen LogP contribution in [0.1, 0.15) is 51.9 Å². The number of fused-ring (bicyclic) bond motifs is 1. The number of halogens is 1. The van der Waals surface area contributed by atoms with E-state index >= 15 is 0 Å². The Morgan fingerprint density at radius 2 is 1.62 bits per heavy atom. The zero-order chi connectivity index (χ0) is 23.4. The van der Waals surface area contributed by atoms with Crippen molar-refractivity contribution in [3.63, 3.8) is 0 Å². The number of rotatable bonds is 4. The summed E-state index contributed by atoms with van der Waals surface area (Å²) in [6.07, 6.45) is 1.55. The van der Waals surface area contributed by atoms with Gasteiger partial charge in [-0.05, 0) is 42.2 Å². The SMILES string of the molecule is Cc1cnc(N2C(=O)c3c(Cl)ccc(NS(=O)(=O)c4ccc(C(C)(C)C)cc4)c3C2=O)s1. The number of thiazole rings is 1. The molecule has 2 aromatic carbocycles. The molecule has 0 spiro atoms. The minimum absolute atomic E-state index is 0.0153. The Kier molecular flexibility index (Phi) is 5.39. The molecule has 1 aliphatic rings. The zero-order valence-electron chi connectivity index (χ0n) is 17.8. The molecule has 1 aliphatic heterocycles. The molecule has 166 valence electrons. The molecule has 0 atom stereocenters. The molecule has 0 aliphatic carbocycles. The second kappa shape index (κ2) is 7.68. The Hall–Kier alpha value is -2.75. The topological polar surface area (TPSA) is 96.4 Å². The summed E-state index contributed by atoms with van der Waals surface area (Å²) in [5, 5.41) is 0.267. The molecule has 3 aromatic rings. The summed E-state index contributed by atoms with van der Waals surface area (Å²) < 4.78 is 28.5. The summed E-state index contributed by atoms with van der Waals surface area (Å²) in [5.41, 5.74) is 0.701. The van der Waals surface area contributed by atoms with Crippen molar-refractivity contribution >= 4 is 55.6 Å². The Bertz CT molecular complexity index is 1360. The van der Waals surface area contributed by atoms with Crippen molar-refractivity contribution in [3.05, 3.63) is 69.2 Å². The number of carbonyl (C=O) groups is 2. The van der Waals surface area contributed by atoms with Crippen molar-refractivity contribution in [2.75, 3.05) is 9.62 Å². The van der Waals surface area contributed by atoms with E-state index in [9.17, 15) is 18.0 Å². The first kappa shape index (κ1) is 22.4. The van der Waals surface area contributed by atoms with Gasteiger partial charge in [0.25, 0.3) is 21.8 Å². The van der Waals surface area contributed by atoms with Gasteiger partial charge in [-0.3, -0.25) is 14.3 Å². The summed E-state index contributed by atoms with van der Waals surface area (Å²) in [5.74, 6) is -1.32. The highest BCUT2D eigenvalue weighted by molar-refractivity contribution is 7.92. The van der Waals surface area contributed by atoms with Gasteiger partial charge in [0.2, 0.25) is 0 Å². The maximum Gasteiger partial charge on any atom is 0.270 e. The van der Waals surface area contributed by atoms with Crippen LogP contribution in [0.25, 0.3) is 0 Å². The van der Waals surface area contributed by atoms with Gasteiger partial charge in [-0.2, -0.15) is 0 Å². The number of nitrogens with one attached hydrogen (secondary N) is 1. The minimum Gasteiger partial charge on any atom is -0.279 e. The molecule has 0 bridgehead atoms. The number of aromatic nitrogens is 1. The number of anilines is 2. The van der Waals surface area contributed by atoms with Crippen molar-refractivity contribution < 1.29 is 18.0 Å². The number of hydrogen-bond acceptors (Lipinski definition) is 6. The molecule has 1 N–H and O–H groups in total. The van der Waals surface area contributed by atoms with Crippen molar-refractivity contribution in [1.29, 1.82) is 0 Å². The third-order valence-electron chi connectivity index (χ3n) is 5.06. The second-order valence-electron chi connectivity index (χ2n) is 8.42. The van der Waals surface area contributed by atoms with Crippen LogP contribution in [0.4, 0.5) is 10.8 Å². The van der Waals surface area contributed by atoms with Gasteiger partial charge < -0.3 is 0 Å². The van der Waals surface area contributed by atoms with E-state index in [1.165, 1.54) is 35.6 Å². The summed E-state index contributed by atoms with van der Waals surface area (Å²) in [4.78, 5) is 32.0. The highest BCUT2D eigenvalue weighted by Crippen LogP contribution is 2.38. The molecular weight excluding hydrogens is 470 g/mol. The molecule has 1 aromatic heterocycles. The normalized spacial score (nSPS) is 14.1. The third kappa shape index (κ3) is 3.80. The average Bonchev–Trinajstić information content (AvgIpc) is 3.24. The summed E-state index contributed by atoms with van der Waals surface area (Å²) in [7, 11) is -4.02. The third-order valence-corrected chi connectivity index (χ3v) is 7.66. The number of amides is 2. The van der Waals surface area contributed by atoms with E-state index in [2.05, 4.69) is 9.71 Å². The lowest BCUT2D eigenvalue weighted by atomic mass is 9.87. The van der Waals surface area contributed by atoms with Crippen LogP contribution in [0.3, 0.4) is 0 Å². The van der Waals surface area contributed by atoms with Crippen LogP contribution in [0, 0.1) is 6.92 Å². The van der Waals surface area contributed by atoms with Gasteiger partial charge in [0.1, 0.15) is 0 Å². The standard InChI is InChI=1S/C22H20ClN3O4S2/c1-12-11-24-21(31-12)26-19(27)17-15(23)9-10-16(18(17)20(26)28)25-32(29,30)14-7-5-13(6-8-14)22(2,3)4/h5-11,25H,1-4H3. The average molecular weight is 490 g/mol. The molecule has 10 heteroatoms. The zero-order valence-corrected chi connectivity index (χ0v) is 20.2. The summed E-state index contributed by atoms with van der Waals surface area (Å²) in [6.45, 7) is 7.90. The maximum absolute atomic E-state index is 13.1. The predicted octanol–water partition coefficient (Wildman–Crippen LogP) is 5.00. The fraction of sp³-hybridized carbons (Fsp3) is 0.227. The quantitative estimate of drug-likeness (QED) is 0.520. The number of imide groups is 1. The van der Waals surface area contributed by atoms with Gasteiger partial charge in [0.15, 0.2) is 5.13 Å². The van der Waals surface area contributed by atoms with Gasteiger partial charge in [-0.1, -0.05) is 44.5 Å². The number of carbonyl (C=O) groups excluding carboxylic acids is 2. The molecule has 32 heavy (non-hydrogen) atoms. The van der Waals surface area contributed by atoms with Crippen LogP contribution in [0.15, 0.2) is 47.5 Å². The van der Waals surface area contributed by atoms with Crippen molar-refractivity contribution in [3.8, 4) is 0 Å². The number of nitrogens with zero attached hydrogens (tertiary/aromatic N) is 2. The first-order valence-corrected chi connectivity index (χ1v) is 12.3. The Balaban J connectivity index is 1.73. The van der Waals surface area contributed by atoms with Crippen LogP contribution >= 0.6 is 22.9 Å². The van der Waals surface area contributed by atoms with Crippen LogP contribution in [0.5, 0.6) is 0 Å². The van der Waals surface area contributed by atoms with E-state index in [0.717, 1.165) is 15.3 Å². The van der Waals surface area contributed by atoms with Gasteiger partial charge in [0, 0.05) is 11.1 Å². The molecule has 0 saturated carbocycles. The lowest BCUT2D eigenvalue weighted by Crippen LogP contribution is -2.29. The summed E-state index contributed by atoms with van der Waals surface area (Å²) >= 11 is 7.39. The molecule has 7 nitrogen and oxygen atoms in total. The molecule has 2 amide bonds. The first-order valence-electron chi connectivity index (χ1n) is 9.67. The van der Waals surface area contributed by atoms with Crippen molar-refractivity contribution in [2.45, 2.75) is 38.0 Å². The molecule has 0 unspecified atom stereocenters. The summed E-state index contributed by atoms with van der Waals surface area (Å²) in [6, 6.07) is 9.30. The number of benzene rings is 2. The smallest absolute Gasteiger partial charge is 0.270 e. The molecule has 0 radical (unpaired) electrons. The van der Waals surface area contributed by atoms with E-state index in [0.29, 0.717) is 0 Å². The minimum atomic E-state index is -4.02. The van der Waals surface area contributed by atoms with Crippen LogP contribution < -0.4 is 9.62 Å². The van der Waals surface area contributed by atoms with Crippen LogP contribution in [0.2, 0.25) is 5.02 Å². The van der Waals surface area contributed by atoms with E-state index in [1.54, 1.807) is 25.3 Å². The number of aryl methyl sites for hydroxylation is 1. The van der Waals surface area contributed by atoms with Gasteiger partial charge >= 0.3 is 0 Å². The van der Waals surface area contributed by atoms with E-state index in [-0.39, 0.29) is 37.3 Å². The highest BCUT2D eigenvalue weighted by Gasteiger charge is 2.42. The number of hydrogen-bond donors (Lipinski definition) is 1. The lowest BCUT2D eigenvalue weighted by molar-refractivity contribution is 0.0926. The molecular formula is C22H20ClN3O4S2. The van der Waals surface area contributed by atoms with E-state index in [4.69, 9.17) is 11.6 Å². The maximum atomic E-state index is 13.1.